The third-order valence-corrected chi connectivity index (χ3v) is 2.22. The number of methoxy groups -OCH3 is 1. The van der Waals surface area contributed by atoms with E-state index in [9.17, 15) is 4.79 Å². The van der Waals surface area contributed by atoms with Crippen LogP contribution in [0.15, 0.2) is 18.2 Å². The number of benzene rings is 1. The number of rotatable bonds is 4. The van der Waals surface area contributed by atoms with E-state index in [4.69, 9.17) is 21.6 Å². The van der Waals surface area contributed by atoms with Crippen LogP contribution in [0, 0.1) is 11.3 Å². The average molecular weight is 239 g/mol. The summed E-state index contributed by atoms with van der Waals surface area (Å²) in [7, 11) is 1.53. The Morgan fingerprint density at radius 1 is 1.62 bits per heavy atom. The lowest BCUT2D eigenvalue weighted by Gasteiger charge is -2.06. The van der Waals surface area contributed by atoms with E-state index in [-0.39, 0.29) is 12.3 Å². The zero-order valence-electron chi connectivity index (χ0n) is 8.79. The number of amides is 1. The van der Waals surface area contributed by atoms with Crippen LogP contribution in [-0.2, 0) is 9.53 Å². The van der Waals surface area contributed by atoms with Crippen LogP contribution in [0.5, 0.6) is 0 Å². The van der Waals surface area contributed by atoms with E-state index >= 15 is 0 Å². The van der Waals surface area contributed by atoms with Crippen molar-refractivity contribution in [2.75, 3.05) is 19.0 Å². The zero-order valence-corrected chi connectivity index (χ0v) is 9.54. The van der Waals surface area contributed by atoms with Gasteiger partial charge in [-0.15, -0.1) is 0 Å². The molecule has 0 saturated carbocycles. The predicted molar refractivity (Wildman–Crippen MR) is 61.3 cm³/mol. The second kappa shape index (κ2) is 6.11. The minimum absolute atomic E-state index is 0.173. The number of halogens is 1. The third-order valence-electron chi connectivity index (χ3n) is 1.91. The maximum atomic E-state index is 11.4. The van der Waals surface area contributed by atoms with Crippen LogP contribution in [0.1, 0.15) is 12.0 Å². The van der Waals surface area contributed by atoms with Crippen LogP contribution < -0.4 is 5.32 Å². The molecule has 0 bridgehead atoms. The van der Waals surface area contributed by atoms with E-state index in [0.29, 0.717) is 22.9 Å². The molecule has 1 aromatic carbocycles. The molecule has 1 aromatic rings. The Balaban J connectivity index is 2.68. The van der Waals surface area contributed by atoms with Crippen molar-refractivity contribution < 1.29 is 9.53 Å². The van der Waals surface area contributed by atoms with Crippen molar-refractivity contribution in [1.82, 2.24) is 0 Å². The molecule has 16 heavy (non-hydrogen) atoms. The van der Waals surface area contributed by atoms with Gasteiger partial charge in [0.25, 0.3) is 0 Å². The first kappa shape index (κ1) is 12.5. The maximum Gasteiger partial charge on any atom is 0.226 e. The Labute approximate surface area is 98.8 Å². The minimum Gasteiger partial charge on any atom is -0.384 e. The van der Waals surface area contributed by atoms with Gasteiger partial charge in [0.2, 0.25) is 5.91 Å². The Kier molecular flexibility index (Phi) is 4.77. The van der Waals surface area contributed by atoms with Crippen LogP contribution in [0.25, 0.3) is 0 Å². The number of carbonyl (C=O) groups is 1. The molecule has 0 aromatic heterocycles. The number of anilines is 1. The highest BCUT2D eigenvalue weighted by Gasteiger charge is 2.06. The zero-order chi connectivity index (χ0) is 12.0. The molecular formula is C11H11ClN2O2. The van der Waals surface area contributed by atoms with Crippen molar-refractivity contribution in [3.63, 3.8) is 0 Å². The highest BCUT2D eigenvalue weighted by atomic mass is 35.5. The smallest absolute Gasteiger partial charge is 0.226 e. The first-order valence-corrected chi connectivity index (χ1v) is 5.03. The van der Waals surface area contributed by atoms with E-state index < -0.39 is 0 Å². The summed E-state index contributed by atoms with van der Waals surface area (Å²) in [5.74, 6) is -0.173. The molecule has 0 unspecified atom stereocenters. The molecule has 0 saturated heterocycles. The van der Waals surface area contributed by atoms with E-state index in [1.807, 2.05) is 6.07 Å². The topological polar surface area (TPSA) is 62.1 Å². The second-order valence-electron chi connectivity index (χ2n) is 3.10. The third kappa shape index (κ3) is 3.54. The van der Waals surface area contributed by atoms with Gasteiger partial charge in [-0.25, -0.2) is 0 Å². The van der Waals surface area contributed by atoms with Gasteiger partial charge in [0.1, 0.15) is 0 Å². The first-order chi connectivity index (χ1) is 7.67. The lowest BCUT2D eigenvalue weighted by Crippen LogP contribution is -2.13. The lowest BCUT2D eigenvalue weighted by molar-refractivity contribution is -0.117. The summed E-state index contributed by atoms with van der Waals surface area (Å²) in [4.78, 5) is 11.4. The molecular weight excluding hydrogens is 228 g/mol. The first-order valence-electron chi connectivity index (χ1n) is 4.66. The van der Waals surface area contributed by atoms with Crippen LogP contribution >= 0.6 is 11.6 Å². The highest BCUT2D eigenvalue weighted by molar-refractivity contribution is 6.33. The van der Waals surface area contributed by atoms with Gasteiger partial charge in [-0.1, -0.05) is 11.6 Å². The Morgan fingerprint density at radius 3 is 2.94 bits per heavy atom. The van der Waals surface area contributed by atoms with Gasteiger partial charge in [0, 0.05) is 7.11 Å². The van der Waals surface area contributed by atoms with Crippen LogP contribution in [0.3, 0.4) is 0 Å². The number of nitriles is 1. The van der Waals surface area contributed by atoms with Crippen molar-refractivity contribution >= 4 is 23.2 Å². The van der Waals surface area contributed by atoms with Crippen molar-refractivity contribution in [3.8, 4) is 6.07 Å². The van der Waals surface area contributed by atoms with Gasteiger partial charge in [-0.3, -0.25) is 4.79 Å². The predicted octanol–water partition coefficient (Wildman–Crippen LogP) is 2.19. The fourth-order valence-electron chi connectivity index (χ4n) is 1.09. The molecule has 4 nitrogen and oxygen atoms in total. The van der Waals surface area contributed by atoms with Gasteiger partial charge in [0.05, 0.1) is 35.4 Å². The number of nitrogens with one attached hydrogen (secondary N) is 1. The maximum absolute atomic E-state index is 11.4. The Hall–Kier alpha value is -1.57. The van der Waals surface area contributed by atoms with Crippen LogP contribution in [-0.4, -0.2) is 19.6 Å². The average Bonchev–Trinajstić information content (AvgIpc) is 2.29. The van der Waals surface area contributed by atoms with Crippen LogP contribution in [0.4, 0.5) is 5.69 Å². The SMILES string of the molecule is COCCC(=O)Nc1ccc(C#N)cc1Cl. The van der Waals surface area contributed by atoms with E-state index in [0.717, 1.165) is 0 Å². The minimum atomic E-state index is -0.173. The van der Waals surface area contributed by atoms with E-state index in [1.54, 1.807) is 12.1 Å². The standard InChI is InChI=1S/C11H11ClN2O2/c1-16-5-4-11(15)14-10-3-2-8(7-13)6-9(10)12/h2-3,6H,4-5H2,1H3,(H,14,15). The highest BCUT2D eigenvalue weighted by Crippen LogP contribution is 2.22. The number of hydrogen-bond donors (Lipinski definition) is 1. The number of ether oxygens (including phenoxy) is 1. The summed E-state index contributed by atoms with van der Waals surface area (Å²) in [5.41, 5.74) is 0.960. The summed E-state index contributed by atoms with van der Waals surface area (Å²) in [6.07, 6.45) is 0.271. The van der Waals surface area contributed by atoms with Crippen molar-refractivity contribution in [1.29, 1.82) is 5.26 Å². The van der Waals surface area contributed by atoms with Crippen LogP contribution in [0.2, 0.25) is 5.02 Å². The molecule has 0 aliphatic rings. The molecule has 1 amide bonds. The van der Waals surface area contributed by atoms with Gasteiger partial charge in [0.15, 0.2) is 0 Å². The Bertz CT molecular complexity index is 426. The fraction of sp³-hybridized carbons (Fsp3) is 0.273. The molecule has 1 rings (SSSR count). The van der Waals surface area contributed by atoms with Gasteiger partial charge in [-0.05, 0) is 18.2 Å². The fourth-order valence-corrected chi connectivity index (χ4v) is 1.32. The summed E-state index contributed by atoms with van der Waals surface area (Å²) in [5, 5.41) is 11.6. The van der Waals surface area contributed by atoms with Crippen molar-refractivity contribution in [3.05, 3.63) is 28.8 Å². The molecule has 0 heterocycles. The molecule has 5 heteroatoms. The quantitative estimate of drug-likeness (QED) is 0.875. The monoisotopic (exact) mass is 238 g/mol. The summed E-state index contributed by atoms with van der Waals surface area (Å²) in [6, 6.07) is 6.67. The lowest BCUT2D eigenvalue weighted by atomic mass is 10.2. The molecule has 0 spiro atoms. The van der Waals surface area contributed by atoms with Gasteiger partial charge >= 0.3 is 0 Å². The molecule has 0 aliphatic heterocycles. The van der Waals surface area contributed by atoms with Gasteiger partial charge < -0.3 is 10.1 Å². The molecule has 0 aliphatic carbocycles. The molecule has 84 valence electrons. The summed E-state index contributed by atoms with van der Waals surface area (Å²) in [6.45, 7) is 0.361. The number of nitrogens with zero attached hydrogens (tertiary/aromatic N) is 1. The molecule has 0 radical (unpaired) electrons. The normalized spacial score (nSPS) is 9.56. The van der Waals surface area contributed by atoms with E-state index in [1.165, 1.54) is 13.2 Å². The molecule has 0 fully saturated rings. The molecule has 0 atom stereocenters. The molecule has 1 N–H and O–H groups in total. The number of hydrogen-bond acceptors (Lipinski definition) is 3. The second-order valence-corrected chi connectivity index (χ2v) is 3.50. The van der Waals surface area contributed by atoms with Gasteiger partial charge in [-0.2, -0.15) is 5.26 Å². The number of carbonyl (C=O) groups excluding carboxylic acids is 1. The van der Waals surface area contributed by atoms with Crippen molar-refractivity contribution in [2.45, 2.75) is 6.42 Å². The summed E-state index contributed by atoms with van der Waals surface area (Å²) < 4.78 is 4.78. The largest absolute Gasteiger partial charge is 0.384 e. The van der Waals surface area contributed by atoms with Crippen molar-refractivity contribution in [2.24, 2.45) is 0 Å². The Morgan fingerprint density at radius 2 is 2.38 bits per heavy atom. The summed E-state index contributed by atoms with van der Waals surface area (Å²) >= 11 is 5.89. The van der Waals surface area contributed by atoms with E-state index in [2.05, 4.69) is 5.32 Å².